The Morgan fingerprint density at radius 2 is 1.81 bits per heavy atom. The van der Waals surface area contributed by atoms with E-state index in [1.165, 1.54) is 0 Å². The first-order valence-electron chi connectivity index (χ1n) is 10.6. The molecule has 2 aliphatic rings. The van der Waals surface area contributed by atoms with Crippen molar-refractivity contribution in [2.75, 3.05) is 24.5 Å². The third-order valence-electron chi connectivity index (χ3n) is 6.13. The van der Waals surface area contributed by atoms with E-state index in [1.807, 2.05) is 42.2 Å². The second-order valence-corrected chi connectivity index (χ2v) is 8.71. The second kappa shape index (κ2) is 9.10. The van der Waals surface area contributed by atoms with Gasteiger partial charge in [0.1, 0.15) is 0 Å². The van der Waals surface area contributed by atoms with Crippen molar-refractivity contribution in [1.29, 1.82) is 0 Å². The van der Waals surface area contributed by atoms with Crippen LogP contribution in [-0.2, 0) is 9.59 Å². The van der Waals surface area contributed by atoms with Gasteiger partial charge in [-0.2, -0.15) is 0 Å². The molecule has 2 aromatic carbocycles. The fourth-order valence-corrected chi connectivity index (χ4v) is 4.54. The summed E-state index contributed by atoms with van der Waals surface area (Å²) in [6.07, 6.45) is 1.64. The highest BCUT2D eigenvalue weighted by Crippen LogP contribution is 2.28. The molecule has 0 aliphatic carbocycles. The maximum atomic E-state index is 13.0. The number of hydrogen-bond acceptors (Lipinski definition) is 3. The first-order chi connectivity index (χ1) is 14.9. The van der Waals surface area contributed by atoms with E-state index >= 15 is 0 Å². The van der Waals surface area contributed by atoms with Crippen LogP contribution in [0.15, 0.2) is 48.5 Å². The Kier molecular flexibility index (Phi) is 6.28. The molecule has 1 unspecified atom stereocenters. The molecule has 0 bridgehead atoms. The maximum absolute atomic E-state index is 13.0. The molecule has 2 aliphatic heterocycles. The zero-order valence-electron chi connectivity index (χ0n) is 17.5. The topological polar surface area (TPSA) is 69.7 Å². The Hall–Kier alpha value is -2.86. The van der Waals surface area contributed by atoms with Gasteiger partial charge < -0.3 is 15.1 Å². The lowest BCUT2D eigenvalue weighted by molar-refractivity contribution is -0.136. The minimum absolute atomic E-state index is 0.0153. The summed E-state index contributed by atoms with van der Waals surface area (Å²) < 4.78 is 0. The quantitative estimate of drug-likeness (QED) is 0.793. The van der Waals surface area contributed by atoms with Gasteiger partial charge in [0.15, 0.2) is 0 Å². The monoisotopic (exact) mass is 439 g/mol. The van der Waals surface area contributed by atoms with Gasteiger partial charge in [-0.25, -0.2) is 0 Å². The van der Waals surface area contributed by atoms with Gasteiger partial charge in [0.05, 0.1) is 5.92 Å². The third kappa shape index (κ3) is 4.74. The number of carbonyl (C=O) groups is 3. The first kappa shape index (κ1) is 21.4. The highest BCUT2D eigenvalue weighted by Gasteiger charge is 2.38. The smallest absolute Gasteiger partial charge is 0.251 e. The van der Waals surface area contributed by atoms with Gasteiger partial charge in [0.2, 0.25) is 11.8 Å². The molecule has 2 saturated heterocycles. The molecule has 6 nitrogen and oxygen atoms in total. The third-order valence-corrected chi connectivity index (χ3v) is 6.36. The van der Waals surface area contributed by atoms with Crippen molar-refractivity contribution < 1.29 is 14.4 Å². The molecular weight excluding hydrogens is 414 g/mol. The number of nitrogens with zero attached hydrogens (tertiary/aromatic N) is 2. The Balaban J connectivity index is 1.31. The summed E-state index contributed by atoms with van der Waals surface area (Å²) in [5.41, 5.74) is 2.36. The number of piperidine rings is 1. The summed E-state index contributed by atoms with van der Waals surface area (Å²) >= 11 is 6.05. The number of likely N-dealkylation sites (tertiary alicyclic amines) is 1. The van der Waals surface area contributed by atoms with Crippen LogP contribution in [0.3, 0.4) is 0 Å². The molecule has 2 aromatic rings. The second-order valence-electron chi connectivity index (χ2n) is 8.27. The average Bonchev–Trinajstić information content (AvgIpc) is 3.15. The lowest BCUT2D eigenvalue weighted by Gasteiger charge is -2.34. The van der Waals surface area contributed by atoms with E-state index in [1.54, 1.807) is 23.1 Å². The standard InChI is InChI=1S/C24H26ClN3O3/c1-16-5-2-3-8-21(16)23(30)26-19-9-11-27(12-10-19)24(31)17-13-22(29)28(15-17)20-7-4-6-18(25)14-20/h2-8,14,17,19H,9-13,15H2,1H3,(H,26,30). The van der Waals surface area contributed by atoms with E-state index in [4.69, 9.17) is 11.6 Å². The molecule has 2 fully saturated rings. The van der Waals surface area contributed by atoms with Gasteiger partial charge in [-0.15, -0.1) is 0 Å². The van der Waals surface area contributed by atoms with Crippen LogP contribution in [0, 0.1) is 12.8 Å². The minimum Gasteiger partial charge on any atom is -0.349 e. The van der Waals surface area contributed by atoms with Crippen molar-refractivity contribution >= 4 is 35.0 Å². The Morgan fingerprint density at radius 3 is 2.52 bits per heavy atom. The van der Waals surface area contributed by atoms with Gasteiger partial charge in [0, 0.05) is 48.4 Å². The van der Waals surface area contributed by atoms with Crippen LogP contribution >= 0.6 is 11.6 Å². The van der Waals surface area contributed by atoms with Crippen LogP contribution in [-0.4, -0.2) is 48.3 Å². The van der Waals surface area contributed by atoms with Crippen molar-refractivity contribution in [2.24, 2.45) is 5.92 Å². The highest BCUT2D eigenvalue weighted by atomic mass is 35.5. The molecule has 2 heterocycles. The molecule has 4 rings (SSSR count). The van der Waals surface area contributed by atoms with E-state index in [-0.39, 0.29) is 36.1 Å². The molecule has 7 heteroatoms. The van der Waals surface area contributed by atoms with E-state index in [2.05, 4.69) is 5.32 Å². The number of amides is 3. The van der Waals surface area contributed by atoms with Crippen LogP contribution < -0.4 is 10.2 Å². The summed E-state index contributed by atoms with van der Waals surface area (Å²) in [6.45, 7) is 3.46. The number of hydrogen-bond donors (Lipinski definition) is 1. The predicted molar refractivity (Wildman–Crippen MR) is 120 cm³/mol. The van der Waals surface area contributed by atoms with Crippen molar-refractivity contribution in [3.05, 3.63) is 64.7 Å². The average molecular weight is 440 g/mol. The van der Waals surface area contributed by atoms with Crippen molar-refractivity contribution in [3.63, 3.8) is 0 Å². The molecule has 162 valence electrons. The SMILES string of the molecule is Cc1ccccc1C(=O)NC1CCN(C(=O)C2CC(=O)N(c3cccc(Cl)c3)C2)CC1. The van der Waals surface area contributed by atoms with Crippen LogP contribution in [0.1, 0.15) is 35.2 Å². The van der Waals surface area contributed by atoms with E-state index < -0.39 is 0 Å². The number of benzene rings is 2. The van der Waals surface area contributed by atoms with Gasteiger partial charge in [-0.1, -0.05) is 35.9 Å². The van der Waals surface area contributed by atoms with Gasteiger partial charge in [-0.05, 0) is 49.6 Å². The van der Waals surface area contributed by atoms with Crippen LogP contribution in [0.5, 0.6) is 0 Å². The molecule has 0 saturated carbocycles. The number of carbonyl (C=O) groups excluding carboxylic acids is 3. The first-order valence-corrected chi connectivity index (χ1v) is 11.0. The Morgan fingerprint density at radius 1 is 1.06 bits per heavy atom. The molecule has 0 spiro atoms. The largest absolute Gasteiger partial charge is 0.349 e. The van der Waals surface area contributed by atoms with Crippen LogP contribution in [0.2, 0.25) is 5.02 Å². The molecule has 3 amide bonds. The van der Waals surface area contributed by atoms with E-state index in [0.29, 0.717) is 43.1 Å². The Labute approximate surface area is 187 Å². The summed E-state index contributed by atoms with van der Waals surface area (Å²) in [7, 11) is 0. The lowest BCUT2D eigenvalue weighted by Crippen LogP contribution is -2.48. The summed E-state index contributed by atoms with van der Waals surface area (Å²) in [5.74, 6) is -0.450. The molecule has 1 atom stereocenters. The van der Waals surface area contributed by atoms with Gasteiger partial charge in [0.25, 0.3) is 5.91 Å². The van der Waals surface area contributed by atoms with E-state index in [9.17, 15) is 14.4 Å². The Bertz CT molecular complexity index is 1000. The zero-order valence-corrected chi connectivity index (χ0v) is 18.3. The number of rotatable bonds is 4. The van der Waals surface area contributed by atoms with Crippen molar-refractivity contribution in [2.45, 2.75) is 32.2 Å². The number of nitrogens with one attached hydrogen (secondary N) is 1. The minimum atomic E-state index is -0.343. The highest BCUT2D eigenvalue weighted by molar-refractivity contribution is 6.31. The molecular formula is C24H26ClN3O3. The van der Waals surface area contributed by atoms with E-state index in [0.717, 1.165) is 11.3 Å². The van der Waals surface area contributed by atoms with Crippen LogP contribution in [0.4, 0.5) is 5.69 Å². The van der Waals surface area contributed by atoms with Crippen molar-refractivity contribution in [3.8, 4) is 0 Å². The summed E-state index contributed by atoms with van der Waals surface area (Å²) in [4.78, 5) is 41.5. The lowest BCUT2D eigenvalue weighted by atomic mass is 10.0. The summed E-state index contributed by atoms with van der Waals surface area (Å²) in [5, 5.41) is 3.66. The maximum Gasteiger partial charge on any atom is 0.251 e. The van der Waals surface area contributed by atoms with Gasteiger partial charge in [-0.3, -0.25) is 14.4 Å². The summed E-state index contributed by atoms with van der Waals surface area (Å²) in [6, 6.07) is 14.7. The number of aryl methyl sites for hydroxylation is 1. The number of anilines is 1. The zero-order chi connectivity index (χ0) is 22.0. The predicted octanol–water partition coefficient (Wildman–Crippen LogP) is 3.42. The molecule has 31 heavy (non-hydrogen) atoms. The fraction of sp³-hybridized carbons (Fsp3) is 0.375. The number of halogens is 1. The van der Waals surface area contributed by atoms with Gasteiger partial charge >= 0.3 is 0 Å². The normalized spacial score (nSPS) is 19.5. The molecule has 1 N–H and O–H groups in total. The molecule has 0 radical (unpaired) electrons. The van der Waals surface area contributed by atoms with Crippen LogP contribution in [0.25, 0.3) is 0 Å². The fourth-order valence-electron chi connectivity index (χ4n) is 4.36. The van der Waals surface area contributed by atoms with Crippen molar-refractivity contribution in [1.82, 2.24) is 10.2 Å². The molecule has 0 aromatic heterocycles.